The minimum absolute atomic E-state index is 0.00109. The molecule has 0 aliphatic carbocycles. The molecule has 5 heterocycles. The summed E-state index contributed by atoms with van der Waals surface area (Å²) in [7, 11) is 2.02. The van der Waals surface area contributed by atoms with Gasteiger partial charge in [0.1, 0.15) is 17.2 Å². The molecule has 0 radical (unpaired) electrons. The number of pyridine rings is 2. The molecule has 32 heavy (non-hydrogen) atoms. The fraction of sp³-hybridized carbons (Fsp3) is 0.320. The zero-order valence-corrected chi connectivity index (χ0v) is 18.8. The normalized spacial score (nSPS) is 18.0. The van der Waals surface area contributed by atoms with Crippen LogP contribution < -0.4 is 4.90 Å². The summed E-state index contributed by atoms with van der Waals surface area (Å²) in [4.78, 5) is 18.7. The van der Waals surface area contributed by atoms with E-state index < -0.39 is 0 Å². The molecule has 7 heteroatoms. The third kappa shape index (κ3) is 3.58. The van der Waals surface area contributed by atoms with Gasteiger partial charge in [-0.2, -0.15) is 0 Å². The fourth-order valence-electron chi connectivity index (χ4n) is 4.35. The summed E-state index contributed by atoms with van der Waals surface area (Å²) in [5, 5.41) is 0. The van der Waals surface area contributed by atoms with Crippen molar-refractivity contribution in [3.05, 3.63) is 78.3 Å². The quantitative estimate of drug-likeness (QED) is 0.626. The fourth-order valence-corrected chi connectivity index (χ4v) is 4.35. The second kappa shape index (κ2) is 8.24. The number of aromatic nitrogens is 4. The second-order valence-corrected chi connectivity index (χ2v) is 8.34. The molecule has 3 aromatic rings. The molecule has 0 aromatic carbocycles. The van der Waals surface area contributed by atoms with Gasteiger partial charge in [-0.25, -0.2) is 9.97 Å². The average molecular weight is 429 g/mol. The maximum Gasteiger partial charge on any atom is 0.143 e. The van der Waals surface area contributed by atoms with Crippen molar-refractivity contribution in [1.82, 2.24) is 24.4 Å². The number of allylic oxidation sites excluding steroid dienone is 3. The van der Waals surface area contributed by atoms with E-state index in [2.05, 4.69) is 64.2 Å². The van der Waals surface area contributed by atoms with Gasteiger partial charge in [0.05, 0.1) is 36.7 Å². The monoisotopic (exact) mass is 428 g/mol. The first-order chi connectivity index (χ1) is 15.5. The van der Waals surface area contributed by atoms with E-state index in [1.54, 1.807) is 0 Å². The standard InChI is InChI=1S/C25H28N6O/c1-17-13-20(16-29(4)18(17)2)25-28-22-15-27-24(30-9-11-32-12-10-30)14-23(22)31(25)19(3)21-7-5-6-8-26-21/h5-8,13-16,19H,2,9-12H2,1,3-4H3. The summed E-state index contributed by atoms with van der Waals surface area (Å²) in [6.07, 6.45) is 7.97. The van der Waals surface area contributed by atoms with Gasteiger partial charge in [0.2, 0.25) is 0 Å². The number of nitrogens with zero attached hydrogens (tertiary/aromatic N) is 6. The molecule has 0 saturated carbocycles. The van der Waals surface area contributed by atoms with Crippen molar-refractivity contribution in [2.75, 3.05) is 38.3 Å². The van der Waals surface area contributed by atoms with Crippen LogP contribution in [-0.2, 0) is 4.74 Å². The van der Waals surface area contributed by atoms with E-state index in [1.165, 1.54) is 0 Å². The molecule has 3 aromatic heterocycles. The van der Waals surface area contributed by atoms with Gasteiger partial charge in [0, 0.05) is 49.9 Å². The van der Waals surface area contributed by atoms with Crippen LogP contribution >= 0.6 is 0 Å². The summed E-state index contributed by atoms with van der Waals surface area (Å²) in [5.74, 6) is 1.86. The van der Waals surface area contributed by atoms with Crippen molar-refractivity contribution < 1.29 is 4.74 Å². The number of imidazole rings is 1. The maximum atomic E-state index is 5.52. The van der Waals surface area contributed by atoms with Crippen LogP contribution in [0.5, 0.6) is 0 Å². The summed E-state index contributed by atoms with van der Waals surface area (Å²) in [6.45, 7) is 11.6. The van der Waals surface area contributed by atoms with Crippen molar-refractivity contribution in [2.45, 2.75) is 19.9 Å². The first-order valence-electron chi connectivity index (χ1n) is 11.0. The molecule has 2 aliphatic heterocycles. The molecule has 1 saturated heterocycles. The highest BCUT2D eigenvalue weighted by Gasteiger charge is 2.24. The number of ether oxygens (including phenoxy) is 1. The molecule has 1 unspecified atom stereocenters. The SMILES string of the molecule is C=C1C(C)=CC(c2nc3cnc(N4CCOCC4)cc3n2C(C)c2ccccn2)=CN1C. The highest BCUT2D eigenvalue weighted by molar-refractivity contribution is 5.84. The molecule has 0 spiro atoms. The van der Waals surface area contributed by atoms with E-state index in [0.29, 0.717) is 0 Å². The molecule has 164 valence electrons. The molecule has 5 rings (SSSR count). The van der Waals surface area contributed by atoms with Gasteiger partial charge in [-0.15, -0.1) is 0 Å². The Hall–Kier alpha value is -3.45. The number of hydrogen-bond acceptors (Lipinski definition) is 6. The van der Waals surface area contributed by atoms with Crippen LogP contribution in [0.25, 0.3) is 16.6 Å². The van der Waals surface area contributed by atoms with E-state index in [4.69, 9.17) is 14.7 Å². The molecule has 0 bridgehead atoms. The Balaban J connectivity index is 1.69. The Morgan fingerprint density at radius 3 is 2.69 bits per heavy atom. The zero-order chi connectivity index (χ0) is 22.2. The minimum Gasteiger partial charge on any atom is -0.378 e. The van der Waals surface area contributed by atoms with Gasteiger partial charge in [-0.1, -0.05) is 12.6 Å². The number of anilines is 1. The highest BCUT2D eigenvalue weighted by atomic mass is 16.5. The highest BCUT2D eigenvalue weighted by Crippen LogP contribution is 2.33. The minimum atomic E-state index is 0.00109. The van der Waals surface area contributed by atoms with Crippen LogP contribution in [0.1, 0.15) is 31.4 Å². The molecular formula is C25H28N6O. The van der Waals surface area contributed by atoms with Gasteiger partial charge in [-0.05, 0) is 37.6 Å². The molecule has 1 fully saturated rings. The third-order valence-electron chi connectivity index (χ3n) is 6.24. The average Bonchev–Trinajstić information content (AvgIpc) is 3.21. The Kier molecular flexibility index (Phi) is 5.27. The molecule has 2 aliphatic rings. The molecule has 7 nitrogen and oxygen atoms in total. The van der Waals surface area contributed by atoms with Crippen LogP contribution in [0.3, 0.4) is 0 Å². The smallest absolute Gasteiger partial charge is 0.143 e. The predicted octanol–water partition coefficient (Wildman–Crippen LogP) is 4.02. The topological polar surface area (TPSA) is 59.3 Å². The van der Waals surface area contributed by atoms with Gasteiger partial charge in [0.15, 0.2) is 0 Å². The van der Waals surface area contributed by atoms with Crippen molar-refractivity contribution in [1.29, 1.82) is 0 Å². The number of likely N-dealkylation sites (N-methyl/N-ethyl adjacent to an activating group) is 1. The predicted molar refractivity (Wildman–Crippen MR) is 127 cm³/mol. The zero-order valence-electron chi connectivity index (χ0n) is 18.8. The molecular weight excluding hydrogens is 400 g/mol. The lowest BCUT2D eigenvalue weighted by atomic mass is 10.1. The lowest BCUT2D eigenvalue weighted by molar-refractivity contribution is 0.122. The largest absolute Gasteiger partial charge is 0.378 e. The van der Waals surface area contributed by atoms with E-state index in [-0.39, 0.29) is 6.04 Å². The van der Waals surface area contributed by atoms with E-state index >= 15 is 0 Å². The van der Waals surface area contributed by atoms with E-state index in [0.717, 1.165) is 71.5 Å². The van der Waals surface area contributed by atoms with Crippen molar-refractivity contribution in [3.63, 3.8) is 0 Å². The summed E-state index contributed by atoms with van der Waals surface area (Å²) in [6, 6.07) is 8.19. The molecule has 0 N–H and O–H groups in total. The Morgan fingerprint density at radius 1 is 1.16 bits per heavy atom. The van der Waals surface area contributed by atoms with Crippen LogP contribution in [0, 0.1) is 0 Å². The van der Waals surface area contributed by atoms with Gasteiger partial charge in [-0.3, -0.25) is 4.98 Å². The van der Waals surface area contributed by atoms with E-state index in [1.807, 2.05) is 31.6 Å². The van der Waals surface area contributed by atoms with Gasteiger partial charge >= 0.3 is 0 Å². The van der Waals surface area contributed by atoms with Crippen LogP contribution in [0.2, 0.25) is 0 Å². The van der Waals surface area contributed by atoms with Crippen LogP contribution in [0.4, 0.5) is 5.82 Å². The van der Waals surface area contributed by atoms with Crippen LogP contribution in [0.15, 0.2) is 66.8 Å². The Bertz CT molecular complexity index is 1220. The first kappa shape index (κ1) is 20.5. The third-order valence-corrected chi connectivity index (χ3v) is 6.24. The Morgan fingerprint density at radius 2 is 1.97 bits per heavy atom. The van der Waals surface area contributed by atoms with Gasteiger partial charge in [0.25, 0.3) is 0 Å². The van der Waals surface area contributed by atoms with Crippen molar-refractivity contribution in [2.24, 2.45) is 0 Å². The summed E-state index contributed by atoms with van der Waals surface area (Å²) >= 11 is 0. The summed E-state index contributed by atoms with van der Waals surface area (Å²) in [5.41, 5.74) is 6.08. The number of hydrogen-bond donors (Lipinski definition) is 0. The van der Waals surface area contributed by atoms with Crippen molar-refractivity contribution in [3.8, 4) is 0 Å². The number of rotatable bonds is 4. The summed E-state index contributed by atoms with van der Waals surface area (Å²) < 4.78 is 7.80. The van der Waals surface area contributed by atoms with Crippen LogP contribution in [-0.4, -0.2) is 57.8 Å². The second-order valence-electron chi connectivity index (χ2n) is 8.34. The first-order valence-corrected chi connectivity index (χ1v) is 11.0. The molecule has 1 atom stereocenters. The van der Waals surface area contributed by atoms with Gasteiger partial charge < -0.3 is 19.1 Å². The van der Waals surface area contributed by atoms with E-state index in [9.17, 15) is 0 Å². The Labute approximate surface area is 188 Å². The number of morpholine rings is 1. The number of fused-ring (bicyclic) bond motifs is 1. The van der Waals surface area contributed by atoms with Crippen molar-refractivity contribution >= 4 is 22.4 Å². The molecule has 0 amide bonds. The lowest BCUT2D eigenvalue weighted by Gasteiger charge is -2.28. The maximum absolute atomic E-state index is 5.52. The lowest BCUT2D eigenvalue weighted by Crippen LogP contribution is -2.36.